The predicted molar refractivity (Wildman–Crippen MR) is 109 cm³/mol. The standard InChI is InChI=1S/C19H28N4O12/c1-20-16(24)32-8-3-28-14-10(5-30-12(8)14)34-18(26)22-7-23-19(27)35-11-6-31-13-9(4-29-15(11)13)33-17(25)21-2/h8-15H,3-7H2,1-2H3,(H,20,24)(H,21,25)(H,22,26)(H,23,27)/t8?,9?,10?,11?,12-,13-,14-,15-/m1/s1. The van der Waals surface area contributed by atoms with Crippen molar-refractivity contribution in [2.24, 2.45) is 0 Å². The molecule has 0 aromatic heterocycles. The summed E-state index contributed by atoms with van der Waals surface area (Å²) in [6.07, 6.45) is -7.72. The Hall–Kier alpha value is -3.08. The van der Waals surface area contributed by atoms with E-state index >= 15 is 0 Å². The third-order valence-corrected chi connectivity index (χ3v) is 5.83. The molecule has 35 heavy (non-hydrogen) atoms. The summed E-state index contributed by atoms with van der Waals surface area (Å²) in [5.41, 5.74) is 0. The lowest BCUT2D eigenvalue weighted by Gasteiger charge is -2.18. The van der Waals surface area contributed by atoms with E-state index in [9.17, 15) is 19.2 Å². The number of carbonyl (C=O) groups excluding carboxylic acids is 4. The summed E-state index contributed by atoms with van der Waals surface area (Å²) in [6, 6.07) is 0. The first-order valence-corrected chi connectivity index (χ1v) is 11.0. The molecular formula is C19H28N4O12. The normalized spacial score (nSPS) is 34.8. The SMILES string of the molecule is CNC(=O)OC1CO[C@@H]2C(OC(=O)NCNC(=O)OC3CO[C@@H]4C(OC(=O)NC)CO[C@H]34)CO[C@H]12. The van der Waals surface area contributed by atoms with Crippen LogP contribution in [0.3, 0.4) is 0 Å². The molecule has 16 heteroatoms. The quantitative estimate of drug-likeness (QED) is 0.234. The molecule has 4 fully saturated rings. The summed E-state index contributed by atoms with van der Waals surface area (Å²) in [4.78, 5) is 47.0. The van der Waals surface area contributed by atoms with Crippen molar-refractivity contribution >= 4 is 24.4 Å². The molecule has 0 spiro atoms. The molecule has 4 unspecified atom stereocenters. The van der Waals surface area contributed by atoms with Crippen LogP contribution < -0.4 is 21.3 Å². The van der Waals surface area contributed by atoms with Crippen LogP contribution in [0.5, 0.6) is 0 Å². The van der Waals surface area contributed by atoms with Gasteiger partial charge in [-0.05, 0) is 0 Å². The highest BCUT2D eigenvalue weighted by Crippen LogP contribution is 2.31. The van der Waals surface area contributed by atoms with Gasteiger partial charge in [0.05, 0.1) is 33.1 Å². The van der Waals surface area contributed by atoms with E-state index < -0.39 is 73.2 Å². The Kier molecular flexibility index (Phi) is 7.94. The number of hydrogen-bond acceptors (Lipinski definition) is 12. The summed E-state index contributed by atoms with van der Waals surface area (Å²) in [5.74, 6) is 0. The summed E-state index contributed by atoms with van der Waals surface area (Å²) in [5, 5.41) is 9.44. The Morgan fingerprint density at radius 2 is 0.857 bits per heavy atom. The Balaban J connectivity index is 1.13. The minimum atomic E-state index is -0.809. The highest BCUT2D eigenvalue weighted by molar-refractivity contribution is 5.70. The monoisotopic (exact) mass is 504 g/mol. The molecule has 196 valence electrons. The van der Waals surface area contributed by atoms with Crippen molar-refractivity contribution in [2.45, 2.75) is 48.8 Å². The number of hydrogen-bond donors (Lipinski definition) is 4. The van der Waals surface area contributed by atoms with Crippen LogP contribution in [0.2, 0.25) is 0 Å². The topological polar surface area (TPSA) is 190 Å². The van der Waals surface area contributed by atoms with E-state index in [-0.39, 0.29) is 33.1 Å². The highest BCUT2D eigenvalue weighted by Gasteiger charge is 2.52. The zero-order valence-corrected chi connectivity index (χ0v) is 19.1. The Morgan fingerprint density at radius 3 is 1.14 bits per heavy atom. The van der Waals surface area contributed by atoms with Crippen molar-refractivity contribution in [3.8, 4) is 0 Å². The third-order valence-electron chi connectivity index (χ3n) is 5.83. The largest absolute Gasteiger partial charge is 0.441 e. The zero-order valence-electron chi connectivity index (χ0n) is 19.1. The van der Waals surface area contributed by atoms with Gasteiger partial charge in [-0.3, -0.25) is 0 Å². The summed E-state index contributed by atoms with van der Waals surface area (Å²) >= 11 is 0. The second-order valence-corrected chi connectivity index (χ2v) is 8.00. The van der Waals surface area contributed by atoms with Gasteiger partial charge in [-0.15, -0.1) is 0 Å². The maximum atomic E-state index is 12.1. The van der Waals surface area contributed by atoms with Crippen molar-refractivity contribution < 1.29 is 57.1 Å². The van der Waals surface area contributed by atoms with E-state index in [1.165, 1.54) is 14.1 Å². The fourth-order valence-electron chi connectivity index (χ4n) is 4.20. The maximum Gasteiger partial charge on any atom is 0.408 e. The number of rotatable bonds is 6. The second kappa shape index (κ2) is 11.1. The molecule has 4 saturated heterocycles. The summed E-state index contributed by atoms with van der Waals surface area (Å²) in [6.45, 7) is 0.106. The van der Waals surface area contributed by atoms with Crippen LogP contribution in [-0.4, -0.2) is 120 Å². The van der Waals surface area contributed by atoms with Gasteiger partial charge < -0.3 is 59.2 Å². The minimum Gasteiger partial charge on any atom is -0.441 e. The van der Waals surface area contributed by atoms with Crippen molar-refractivity contribution in [1.29, 1.82) is 0 Å². The van der Waals surface area contributed by atoms with Crippen molar-refractivity contribution in [1.82, 2.24) is 21.3 Å². The molecule has 4 amide bonds. The first kappa shape index (κ1) is 25.0. The first-order chi connectivity index (χ1) is 16.9. The van der Waals surface area contributed by atoms with Crippen molar-refractivity contribution in [2.75, 3.05) is 47.2 Å². The summed E-state index contributed by atoms with van der Waals surface area (Å²) in [7, 11) is 2.87. The van der Waals surface area contributed by atoms with Crippen LogP contribution in [0.15, 0.2) is 0 Å². The van der Waals surface area contributed by atoms with Crippen LogP contribution in [0.4, 0.5) is 19.2 Å². The van der Waals surface area contributed by atoms with Crippen LogP contribution in [0.1, 0.15) is 0 Å². The van der Waals surface area contributed by atoms with Crippen molar-refractivity contribution in [3.05, 3.63) is 0 Å². The van der Waals surface area contributed by atoms with E-state index in [2.05, 4.69) is 21.3 Å². The number of fused-ring (bicyclic) bond motifs is 2. The van der Waals surface area contributed by atoms with Gasteiger partial charge >= 0.3 is 24.4 Å². The van der Waals surface area contributed by atoms with Crippen LogP contribution in [0, 0.1) is 0 Å². The molecule has 0 aromatic carbocycles. The molecule has 0 aromatic rings. The highest BCUT2D eigenvalue weighted by atomic mass is 16.7. The lowest BCUT2D eigenvalue weighted by atomic mass is 10.1. The van der Waals surface area contributed by atoms with Gasteiger partial charge in [0, 0.05) is 14.1 Å². The maximum absolute atomic E-state index is 12.1. The predicted octanol–water partition coefficient (Wildman–Crippen LogP) is -1.82. The lowest BCUT2D eigenvalue weighted by Crippen LogP contribution is -2.43. The van der Waals surface area contributed by atoms with E-state index in [1.807, 2.05) is 0 Å². The van der Waals surface area contributed by atoms with Crippen LogP contribution >= 0.6 is 0 Å². The van der Waals surface area contributed by atoms with Gasteiger partial charge in [0.1, 0.15) is 24.4 Å². The van der Waals surface area contributed by atoms with Gasteiger partial charge in [0.15, 0.2) is 24.4 Å². The molecule has 0 radical (unpaired) electrons. The van der Waals surface area contributed by atoms with Gasteiger partial charge in [0.2, 0.25) is 0 Å². The minimum absolute atomic E-state index is 0.0701. The van der Waals surface area contributed by atoms with Crippen LogP contribution in [-0.2, 0) is 37.9 Å². The average molecular weight is 504 g/mol. The van der Waals surface area contributed by atoms with E-state index in [4.69, 9.17) is 37.9 Å². The lowest BCUT2D eigenvalue weighted by molar-refractivity contribution is -0.0129. The van der Waals surface area contributed by atoms with E-state index in [0.29, 0.717) is 0 Å². The average Bonchev–Trinajstić information content (AvgIpc) is 3.60. The molecule has 4 heterocycles. The van der Waals surface area contributed by atoms with Gasteiger partial charge in [0.25, 0.3) is 0 Å². The number of ether oxygens (including phenoxy) is 8. The molecule has 4 N–H and O–H groups in total. The number of nitrogens with one attached hydrogen (secondary N) is 4. The zero-order chi connectivity index (χ0) is 24.9. The molecule has 4 aliphatic heterocycles. The molecule has 8 atom stereocenters. The second-order valence-electron chi connectivity index (χ2n) is 8.00. The molecule has 0 aliphatic carbocycles. The fourth-order valence-corrected chi connectivity index (χ4v) is 4.20. The Labute approximate surface area is 199 Å². The molecular weight excluding hydrogens is 476 g/mol. The number of alkyl carbamates (subject to hydrolysis) is 4. The van der Waals surface area contributed by atoms with E-state index in [0.717, 1.165) is 0 Å². The van der Waals surface area contributed by atoms with E-state index in [1.54, 1.807) is 0 Å². The van der Waals surface area contributed by atoms with Gasteiger partial charge in [-0.25, -0.2) is 19.2 Å². The number of carbonyl (C=O) groups is 4. The third kappa shape index (κ3) is 5.77. The number of amides is 4. The molecule has 4 aliphatic rings. The molecule has 16 nitrogen and oxygen atoms in total. The van der Waals surface area contributed by atoms with Gasteiger partial charge in [-0.1, -0.05) is 0 Å². The summed E-state index contributed by atoms with van der Waals surface area (Å²) < 4.78 is 43.1. The van der Waals surface area contributed by atoms with Crippen LogP contribution in [0.25, 0.3) is 0 Å². The van der Waals surface area contributed by atoms with Gasteiger partial charge in [-0.2, -0.15) is 0 Å². The Bertz CT molecular complexity index is 751. The van der Waals surface area contributed by atoms with Crippen molar-refractivity contribution in [3.63, 3.8) is 0 Å². The molecule has 4 rings (SSSR count). The smallest absolute Gasteiger partial charge is 0.408 e. The fraction of sp³-hybridized carbons (Fsp3) is 0.789. The Morgan fingerprint density at radius 1 is 0.571 bits per heavy atom. The first-order valence-electron chi connectivity index (χ1n) is 11.0. The molecule has 0 saturated carbocycles. The molecule has 0 bridgehead atoms.